The number of hydrogen-bond donors (Lipinski definition) is 2. The van der Waals surface area contributed by atoms with Gasteiger partial charge in [-0.05, 0) is 31.0 Å². The molecule has 1 amide bonds. The average Bonchev–Trinajstić information content (AvgIpc) is 3.22. The van der Waals surface area contributed by atoms with Crippen LogP contribution in [0.4, 0.5) is 5.69 Å². The molecule has 2 N–H and O–H groups in total. The number of benzene rings is 1. The van der Waals surface area contributed by atoms with E-state index in [9.17, 15) is 9.59 Å². The molecule has 0 unspecified atom stereocenters. The van der Waals surface area contributed by atoms with E-state index in [2.05, 4.69) is 14.9 Å². The maximum atomic E-state index is 12.5. The summed E-state index contributed by atoms with van der Waals surface area (Å²) in [6.45, 7) is 3.27. The Labute approximate surface area is 134 Å². The third-order valence-electron chi connectivity index (χ3n) is 5.16. The summed E-state index contributed by atoms with van der Waals surface area (Å²) in [5, 5.41) is 0. The first-order valence-corrected chi connectivity index (χ1v) is 8.46. The molecule has 0 atom stereocenters. The molecule has 1 saturated carbocycles. The van der Waals surface area contributed by atoms with Crippen molar-refractivity contribution in [2.75, 3.05) is 31.1 Å². The largest absolute Gasteiger partial charge is 0.368 e. The fraction of sp³-hybridized carbons (Fsp3) is 0.529. The molecule has 6 heteroatoms. The SMILES string of the molecule is O=C(C1CCCC1)N1CCN(c2ccc3[nH]c(=O)[nH]c3c2)CC1. The van der Waals surface area contributed by atoms with Crippen molar-refractivity contribution in [1.82, 2.24) is 14.9 Å². The number of nitrogens with one attached hydrogen (secondary N) is 2. The Bertz CT molecular complexity index is 764. The van der Waals surface area contributed by atoms with Crippen LogP contribution in [0.1, 0.15) is 25.7 Å². The summed E-state index contributed by atoms with van der Waals surface area (Å²) in [6.07, 6.45) is 4.53. The number of aromatic amines is 2. The number of carbonyl (C=O) groups is 1. The Morgan fingerprint density at radius 2 is 1.70 bits per heavy atom. The topological polar surface area (TPSA) is 72.2 Å². The van der Waals surface area contributed by atoms with Crippen LogP contribution in [0.15, 0.2) is 23.0 Å². The highest BCUT2D eigenvalue weighted by molar-refractivity contribution is 5.80. The van der Waals surface area contributed by atoms with E-state index in [1.165, 1.54) is 12.8 Å². The zero-order valence-corrected chi connectivity index (χ0v) is 13.2. The van der Waals surface area contributed by atoms with Gasteiger partial charge in [0.25, 0.3) is 0 Å². The highest BCUT2D eigenvalue weighted by Crippen LogP contribution is 2.27. The second-order valence-electron chi connectivity index (χ2n) is 6.60. The first-order valence-electron chi connectivity index (χ1n) is 8.46. The highest BCUT2D eigenvalue weighted by Gasteiger charge is 2.29. The van der Waals surface area contributed by atoms with Gasteiger partial charge in [0.1, 0.15) is 0 Å². The van der Waals surface area contributed by atoms with Crippen molar-refractivity contribution < 1.29 is 4.79 Å². The molecule has 2 aromatic rings. The Balaban J connectivity index is 1.43. The Kier molecular flexibility index (Phi) is 3.59. The predicted octanol–water partition coefficient (Wildman–Crippen LogP) is 1.69. The van der Waals surface area contributed by atoms with Gasteiger partial charge in [-0.3, -0.25) is 4.79 Å². The van der Waals surface area contributed by atoms with Gasteiger partial charge in [-0.1, -0.05) is 12.8 Å². The molecule has 6 nitrogen and oxygen atoms in total. The quantitative estimate of drug-likeness (QED) is 0.886. The van der Waals surface area contributed by atoms with Crippen LogP contribution in [0.2, 0.25) is 0 Å². The van der Waals surface area contributed by atoms with Crippen LogP contribution in [-0.4, -0.2) is 47.0 Å². The number of nitrogens with zero attached hydrogens (tertiary/aromatic N) is 2. The maximum absolute atomic E-state index is 12.5. The smallest absolute Gasteiger partial charge is 0.323 e. The number of anilines is 1. The van der Waals surface area contributed by atoms with Crippen molar-refractivity contribution in [3.8, 4) is 0 Å². The number of hydrogen-bond acceptors (Lipinski definition) is 3. The molecule has 1 saturated heterocycles. The summed E-state index contributed by atoms with van der Waals surface area (Å²) in [7, 11) is 0. The van der Waals surface area contributed by atoms with Crippen molar-refractivity contribution in [3.05, 3.63) is 28.7 Å². The molecule has 1 aliphatic heterocycles. The second-order valence-corrected chi connectivity index (χ2v) is 6.60. The van der Waals surface area contributed by atoms with Crippen LogP contribution in [0, 0.1) is 5.92 Å². The van der Waals surface area contributed by atoms with Crippen LogP contribution in [0.25, 0.3) is 11.0 Å². The van der Waals surface area contributed by atoms with E-state index in [4.69, 9.17) is 0 Å². The van der Waals surface area contributed by atoms with Gasteiger partial charge in [0, 0.05) is 37.8 Å². The van der Waals surface area contributed by atoms with Gasteiger partial charge in [-0.2, -0.15) is 0 Å². The monoisotopic (exact) mass is 314 g/mol. The summed E-state index contributed by atoms with van der Waals surface area (Å²) in [5.74, 6) is 0.621. The number of amides is 1. The zero-order chi connectivity index (χ0) is 15.8. The van der Waals surface area contributed by atoms with E-state index >= 15 is 0 Å². The average molecular weight is 314 g/mol. The van der Waals surface area contributed by atoms with Crippen molar-refractivity contribution in [2.24, 2.45) is 5.92 Å². The fourth-order valence-electron chi connectivity index (χ4n) is 3.83. The van der Waals surface area contributed by atoms with E-state index in [0.29, 0.717) is 5.91 Å². The van der Waals surface area contributed by atoms with Crippen molar-refractivity contribution in [1.29, 1.82) is 0 Å². The molecular formula is C17H22N4O2. The summed E-state index contributed by atoms with van der Waals surface area (Å²) in [6, 6.07) is 5.96. The maximum Gasteiger partial charge on any atom is 0.323 e. The van der Waals surface area contributed by atoms with Crippen molar-refractivity contribution in [3.63, 3.8) is 0 Å². The Morgan fingerprint density at radius 3 is 2.43 bits per heavy atom. The molecule has 1 aromatic carbocycles. The first kappa shape index (κ1) is 14.4. The number of fused-ring (bicyclic) bond motifs is 1. The van der Waals surface area contributed by atoms with Gasteiger partial charge < -0.3 is 19.8 Å². The molecule has 1 aromatic heterocycles. The van der Waals surface area contributed by atoms with Crippen LogP contribution in [-0.2, 0) is 4.79 Å². The molecule has 0 radical (unpaired) electrons. The van der Waals surface area contributed by atoms with E-state index in [1.807, 2.05) is 23.1 Å². The standard InChI is InChI=1S/C17H22N4O2/c22-16(12-3-1-2-4-12)21-9-7-20(8-10-21)13-5-6-14-15(11-13)19-17(23)18-14/h5-6,11-12H,1-4,7-10H2,(H2,18,19,23). The Morgan fingerprint density at radius 1 is 1.00 bits per heavy atom. The minimum absolute atomic E-state index is 0.177. The predicted molar refractivity (Wildman–Crippen MR) is 89.7 cm³/mol. The number of carbonyl (C=O) groups excluding carboxylic acids is 1. The summed E-state index contributed by atoms with van der Waals surface area (Å²) in [4.78, 5) is 33.7. The van der Waals surface area contributed by atoms with E-state index in [-0.39, 0.29) is 11.6 Å². The number of aromatic nitrogens is 2. The van der Waals surface area contributed by atoms with Crippen molar-refractivity contribution >= 4 is 22.6 Å². The minimum atomic E-state index is -0.177. The van der Waals surface area contributed by atoms with Gasteiger partial charge in [0.2, 0.25) is 5.91 Å². The molecule has 122 valence electrons. The normalized spacial score (nSPS) is 19.7. The van der Waals surface area contributed by atoms with Crippen LogP contribution < -0.4 is 10.6 Å². The lowest BCUT2D eigenvalue weighted by Crippen LogP contribution is -2.50. The van der Waals surface area contributed by atoms with Gasteiger partial charge in [-0.25, -0.2) is 4.79 Å². The lowest BCUT2D eigenvalue weighted by atomic mass is 10.1. The van der Waals surface area contributed by atoms with Crippen LogP contribution in [0.3, 0.4) is 0 Å². The molecule has 1 aliphatic carbocycles. The molecule has 4 rings (SSSR count). The molecule has 2 fully saturated rings. The van der Waals surface area contributed by atoms with Crippen LogP contribution in [0.5, 0.6) is 0 Å². The zero-order valence-electron chi connectivity index (χ0n) is 13.2. The summed E-state index contributed by atoms with van der Waals surface area (Å²) < 4.78 is 0. The first-order chi connectivity index (χ1) is 11.2. The molecule has 23 heavy (non-hydrogen) atoms. The molecule has 0 bridgehead atoms. The fourth-order valence-corrected chi connectivity index (χ4v) is 3.83. The van der Waals surface area contributed by atoms with E-state index in [0.717, 1.165) is 55.7 Å². The minimum Gasteiger partial charge on any atom is -0.368 e. The highest BCUT2D eigenvalue weighted by atomic mass is 16.2. The lowest BCUT2D eigenvalue weighted by Gasteiger charge is -2.37. The molecular weight excluding hydrogens is 292 g/mol. The number of imidazole rings is 1. The third-order valence-corrected chi connectivity index (χ3v) is 5.16. The van der Waals surface area contributed by atoms with Gasteiger partial charge in [-0.15, -0.1) is 0 Å². The van der Waals surface area contributed by atoms with Crippen LogP contribution >= 0.6 is 0 Å². The molecule has 2 aliphatic rings. The van der Waals surface area contributed by atoms with Gasteiger partial charge in [0.15, 0.2) is 0 Å². The Hall–Kier alpha value is -2.24. The number of piperazine rings is 1. The lowest BCUT2D eigenvalue weighted by molar-refractivity contribution is -0.135. The molecule has 0 spiro atoms. The second kappa shape index (κ2) is 5.76. The van der Waals surface area contributed by atoms with Crippen molar-refractivity contribution in [2.45, 2.75) is 25.7 Å². The van der Waals surface area contributed by atoms with E-state index in [1.54, 1.807) is 0 Å². The summed E-state index contributed by atoms with van der Waals surface area (Å²) >= 11 is 0. The molecule has 2 heterocycles. The number of H-pyrrole nitrogens is 2. The van der Waals surface area contributed by atoms with Gasteiger partial charge >= 0.3 is 5.69 Å². The van der Waals surface area contributed by atoms with E-state index < -0.39 is 0 Å². The summed E-state index contributed by atoms with van der Waals surface area (Å²) in [5.41, 5.74) is 2.58. The number of rotatable bonds is 2. The third kappa shape index (κ3) is 2.73. The van der Waals surface area contributed by atoms with Gasteiger partial charge in [0.05, 0.1) is 11.0 Å².